The third-order valence-electron chi connectivity index (χ3n) is 7.26. The molecule has 2 fully saturated rings. The maximum atomic E-state index is 5.39. The van der Waals surface area contributed by atoms with Gasteiger partial charge in [0.2, 0.25) is 0 Å². The molecule has 2 aliphatic rings. The van der Waals surface area contributed by atoms with Crippen LogP contribution in [0.4, 0.5) is 0 Å². The lowest BCUT2D eigenvalue weighted by Crippen LogP contribution is -2.43. The Morgan fingerprint density at radius 1 is 0.500 bits per heavy atom. The van der Waals surface area contributed by atoms with Crippen LogP contribution in [-0.2, 0) is 26.6 Å². The Bertz CT molecular complexity index is 414. The van der Waals surface area contributed by atoms with Crippen molar-refractivity contribution in [2.75, 3.05) is 55.7 Å². The molecule has 8 nitrogen and oxygen atoms in total. The first-order valence-electron chi connectivity index (χ1n) is 13.3. The molecule has 2 aliphatic carbocycles. The van der Waals surface area contributed by atoms with Gasteiger partial charge < -0.3 is 37.2 Å². The molecule has 0 aromatic rings. The molecule has 0 spiro atoms. The van der Waals surface area contributed by atoms with E-state index in [0.29, 0.717) is 0 Å². The highest BCUT2D eigenvalue weighted by Crippen LogP contribution is 2.19. The Morgan fingerprint density at radius 3 is 1.06 bits per heavy atom. The van der Waals surface area contributed by atoms with E-state index in [1.165, 1.54) is 64.2 Å². The first kappa shape index (κ1) is 32.1. The molecule has 0 aromatic heterocycles. The van der Waals surface area contributed by atoms with Gasteiger partial charge in [0.25, 0.3) is 0 Å². The predicted octanol–water partition coefficient (Wildman–Crippen LogP) is 4.35. The van der Waals surface area contributed by atoms with E-state index in [1.54, 1.807) is 42.7 Å². The lowest BCUT2D eigenvalue weighted by atomic mass is 9.95. The Labute approximate surface area is 211 Å². The molecule has 0 radical (unpaired) electrons. The predicted molar refractivity (Wildman–Crippen MR) is 142 cm³/mol. The Balaban J connectivity index is 0.000000340. The molecule has 0 heterocycles. The second kappa shape index (κ2) is 19.3. The third-order valence-corrected chi connectivity index (χ3v) is 12.9. The van der Waals surface area contributed by atoms with Crippen LogP contribution in [-0.4, -0.2) is 85.4 Å². The molecule has 0 amide bonds. The summed E-state index contributed by atoms with van der Waals surface area (Å²) in [4.78, 5) is 0. The molecule has 10 heteroatoms. The van der Waals surface area contributed by atoms with Crippen molar-refractivity contribution in [1.29, 1.82) is 0 Å². The van der Waals surface area contributed by atoms with E-state index in [1.807, 2.05) is 0 Å². The van der Waals surface area contributed by atoms with Crippen molar-refractivity contribution >= 4 is 17.6 Å². The fourth-order valence-corrected chi connectivity index (χ4v) is 8.39. The zero-order chi connectivity index (χ0) is 25.1. The van der Waals surface area contributed by atoms with Gasteiger partial charge in [-0.2, -0.15) is 0 Å². The molecule has 2 rings (SSSR count). The zero-order valence-electron chi connectivity index (χ0n) is 22.9. The van der Waals surface area contributed by atoms with Crippen molar-refractivity contribution in [2.45, 2.75) is 101 Å². The summed E-state index contributed by atoms with van der Waals surface area (Å²) in [6.07, 6.45) is 15.8. The molecule has 0 aromatic carbocycles. The maximum Gasteiger partial charge on any atom is 0.500 e. The Hall–Kier alpha value is 0.114. The fourth-order valence-electron chi connectivity index (χ4n) is 4.95. The number of rotatable bonds is 16. The standard InChI is InChI=1S/2C12H27NO3Si/c2*1-14-17(15-2,16-3)11-7-10-13-12-8-5-4-6-9-12/h2*12-13H,4-11H2,1-3H3. The molecule has 34 heavy (non-hydrogen) atoms. The molecule has 0 unspecified atom stereocenters. The summed E-state index contributed by atoms with van der Waals surface area (Å²) in [5.41, 5.74) is 0. The summed E-state index contributed by atoms with van der Waals surface area (Å²) in [7, 11) is 5.36. The van der Waals surface area contributed by atoms with Crippen LogP contribution in [0.5, 0.6) is 0 Å². The second-order valence-corrected chi connectivity index (χ2v) is 15.6. The molecular weight excluding hydrogens is 468 g/mol. The van der Waals surface area contributed by atoms with Gasteiger partial charge in [-0.15, -0.1) is 0 Å². The normalized spacial score (nSPS) is 18.5. The van der Waals surface area contributed by atoms with Gasteiger partial charge in [0.05, 0.1) is 0 Å². The van der Waals surface area contributed by atoms with Crippen molar-refractivity contribution in [2.24, 2.45) is 0 Å². The van der Waals surface area contributed by atoms with Crippen LogP contribution in [0.3, 0.4) is 0 Å². The van der Waals surface area contributed by atoms with Gasteiger partial charge in [-0.3, -0.25) is 0 Å². The highest BCUT2D eigenvalue weighted by molar-refractivity contribution is 6.60. The van der Waals surface area contributed by atoms with E-state index in [9.17, 15) is 0 Å². The number of hydrogen-bond donors (Lipinski definition) is 2. The fraction of sp³-hybridized carbons (Fsp3) is 1.00. The third kappa shape index (κ3) is 12.4. The number of hydrogen-bond acceptors (Lipinski definition) is 8. The van der Waals surface area contributed by atoms with Crippen molar-refractivity contribution in [3.8, 4) is 0 Å². The summed E-state index contributed by atoms with van der Waals surface area (Å²) in [5.74, 6) is 0. The molecular formula is C24H54N2O6Si2. The van der Waals surface area contributed by atoms with Crippen LogP contribution >= 0.6 is 0 Å². The van der Waals surface area contributed by atoms with Crippen LogP contribution in [0.25, 0.3) is 0 Å². The van der Waals surface area contributed by atoms with Gasteiger partial charge in [0.15, 0.2) is 0 Å². The van der Waals surface area contributed by atoms with Gasteiger partial charge in [-0.25, -0.2) is 0 Å². The molecule has 2 N–H and O–H groups in total. The largest absolute Gasteiger partial charge is 0.500 e. The minimum atomic E-state index is -2.34. The first-order valence-corrected chi connectivity index (χ1v) is 17.2. The van der Waals surface area contributed by atoms with Gasteiger partial charge in [-0.1, -0.05) is 38.5 Å². The van der Waals surface area contributed by atoms with Crippen molar-refractivity contribution < 1.29 is 26.6 Å². The smallest absolute Gasteiger partial charge is 0.377 e. The summed E-state index contributed by atoms with van der Waals surface area (Å²) in [6.45, 7) is 2.07. The minimum Gasteiger partial charge on any atom is -0.377 e. The average molecular weight is 523 g/mol. The minimum absolute atomic E-state index is 0.729. The molecule has 0 saturated heterocycles. The Kier molecular flexibility index (Phi) is 18.2. The highest BCUT2D eigenvalue weighted by atomic mass is 28.4. The van der Waals surface area contributed by atoms with Gasteiger partial charge in [0, 0.05) is 66.8 Å². The highest BCUT2D eigenvalue weighted by Gasteiger charge is 2.37. The van der Waals surface area contributed by atoms with E-state index in [4.69, 9.17) is 26.6 Å². The molecule has 2 saturated carbocycles. The van der Waals surface area contributed by atoms with E-state index in [-0.39, 0.29) is 0 Å². The lowest BCUT2D eigenvalue weighted by molar-refractivity contribution is 0.122. The molecule has 0 atom stereocenters. The summed E-state index contributed by atoms with van der Waals surface area (Å²) in [6, 6.07) is 3.23. The molecule has 0 aliphatic heterocycles. The SMILES string of the molecule is CO[Si](CCCNC1CCCCC1)(OC)OC.CO[Si](CCCNC1CCCCC1)(OC)OC. The topological polar surface area (TPSA) is 79.4 Å². The van der Waals surface area contributed by atoms with Crippen LogP contribution in [0.15, 0.2) is 0 Å². The lowest BCUT2D eigenvalue weighted by Gasteiger charge is -2.26. The van der Waals surface area contributed by atoms with Gasteiger partial charge >= 0.3 is 17.6 Å². The van der Waals surface area contributed by atoms with Crippen molar-refractivity contribution in [3.63, 3.8) is 0 Å². The van der Waals surface area contributed by atoms with Gasteiger partial charge in [0.1, 0.15) is 0 Å². The van der Waals surface area contributed by atoms with E-state index < -0.39 is 17.6 Å². The summed E-state index contributed by atoms with van der Waals surface area (Å²) < 4.78 is 32.4. The maximum absolute atomic E-state index is 5.39. The summed E-state index contributed by atoms with van der Waals surface area (Å²) in [5, 5.41) is 7.24. The van der Waals surface area contributed by atoms with E-state index in [0.717, 1.165) is 50.1 Å². The van der Waals surface area contributed by atoms with Crippen LogP contribution in [0.2, 0.25) is 12.1 Å². The zero-order valence-corrected chi connectivity index (χ0v) is 24.9. The van der Waals surface area contributed by atoms with Crippen molar-refractivity contribution in [3.05, 3.63) is 0 Å². The van der Waals surface area contributed by atoms with E-state index in [2.05, 4.69) is 10.6 Å². The Morgan fingerprint density at radius 2 is 0.794 bits per heavy atom. The monoisotopic (exact) mass is 522 g/mol. The molecule has 204 valence electrons. The van der Waals surface area contributed by atoms with Gasteiger partial charge in [-0.05, 0) is 51.6 Å². The quantitative estimate of drug-likeness (QED) is 0.229. The number of nitrogens with one attached hydrogen (secondary N) is 2. The average Bonchev–Trinajstić information content (AvgIpc) is 2.91. The van der Waals surface area contributed by atoms with Crippen LogP contribution < -0.4 is 10.6 Å². The van der Waals surface area contributed by atoms with Crippen molar-refractivity contribution in [1.82, 2.24) is 10.6 Å². The van der Waals surface area contributed by atoms with Crippen LogP contribution in [0, 0.1) is 0 Å². The first-order chi connectivity index (χ1) is 16.5. The molecule has 0 bridgehead atoms. The van der Waals surface area contributed by atoms with E-state index >= 15 is 0 Å². The summed E-state index contributed by atoms with van der Waals surface area (Å²) >= 11 is 0. The second-order valence-electron chi connectivity index (χ2n) is 9.38. The van der Waals surface area contributed by atoms with Crippen LogP contribution in [0.1, 0.15) is 77.0 Å².